The number of hydrogen-bond donors (Lipinski definition) is 0. The van der Waals surface area contributed by atoms with E-state index >= 15 is 0 Å². The first-order chi connectivity index (χ1) is 11.5. The van der Waals surface area contributed by atoms with Gasteiger partial charge in [-0.25, -0.2) is 0 Å². The average Bonchev–Trinajstić information content (AvgIpc) is 2.62. The number of morpholine rings is 1. The van der Waals surface area contributed by atoms with E-state index in [9.17, 15) is 9.59 Å². The van der Waals surface area contributed by atoms with Crippen LogP contribution in [-0.4, -0.2) is 60.5 Å². The minimum absolute atomic E-state index is 0.0767. The van der Waals surface area contributed by atoms with E-state index in [4.69, 9.17) is 4.74 Å². The molecule has 0 aromatic heterocycles. The number of hydrogen-bond acceptors (Lipinski definition) is 3. The summed E-state index contributed by atoms with van der Waals surface area (Å²) in [6.45, 7) is 6.76. The first-order valence-corrected chi connectivity index (χ1v) is 8.75. The Bertz CT molecular complexity index is 594. The van der Waals surface area contributed by atoms with Gasteiger partial charge in [-0.05, 0) is 25.3 Å². The molecule has 2 saturated heterocycles. The second kappa shape index (κ2) is 6.93. The number of amides is 2. The molecule has 3 rings (SSSR count). The summed E-state index contributed by atoms with van der Waals surface area (Å²) in [7, 11) is 0. The van der Waals surface area contributed by atoms with Crippen LogP contribution in [0.5, 0.6) is 0 Å². The van der Waals surface area contributed by atoms with Gasteiger partial charge in [0.1, 0.15) is 0 Å². The van der Waals surface area contributed by atoms with Crippen LogP contribution in [0.3, 0.4) is 0 Å². The third kappa shape index (κ3) is 3.18. The molecule has 1 aromatic rings. The molecule has 0 saturated carbocycles. The molecule has 5 heteroatoms. The molecule has 130 valence electrons. The van der Waals surface area contributed by atoms with Crippen LogP contribution >= 0.6 is 0 Å². The highest BCUT2D eigenvalue weighted by Gasteiger charge is 2.45. The summed E-state index contributed by atoms with van der Waals surface area (Å²) in [5, 5.41) is 0. The zero-order valence-corrected chi connectivity index (χ0v) is 14.5. The lowest BCUT2D eigenvalue weighted by Gasteiger charge is -2.44. The van der Waals surface area contributed by atoms with Crippen molar-refractivity contribution < 1.29 is 14.3 Å². The molecule has 24 heavy (non-hydrogen) atoms. The first-order valence-electron chi connectivity index (χ1n) is 8.75. The monoisotopic (exact) mass is 330 g/mol. The van der Waals surface area contributed by atoms with E-state index in [1.54, 1.807) is 6.92 Å². The topological polar surface area (TPSA) is 49.9 Å². The second-order valence-corrected chi connectivity index (χ2v) is 6.89. The number of piperidine rings is 1. The predicted octanol–water partition coefficient (Wildman–Crippen LogP) is 1.81. The van der Waals surface area contributed by atoms with Gasteiger partial charge in [0, 0.05) is 33.1 Å². The number of likely N-dealkylation sites (tertiary alicyclic amines) is 1. The molecule has 2 amide bonds. The molecule has 0 N–H and O–H groups in total. The molecule has 2 heterocycles. The molecule has 0 radical (unpaired) electrons. The minimum Gasteiger partial charge on any atom is -0.375 e. The van der Waals surface area contributed by atoms with Gasteiger partial charge in [0.2, 0.25) is 11.8 Å². The maximum atomic E-state index is 13.5. The fourth-order valence-corrected chi connectivity index (χ4v) is 3.89. The summed E-state index contributed by atoms with van der Waals surface area (Å²) < 4.78 is 5.59. The Kier molecular flexibility index (Phi) is 4.90. The van der Waals surface area contributed by atoms with Gasteiger partial charge in [0.25, 0.3) is 0 Å². The Labute approximate surface area is 143 Å². The van der Waals surface area contributed by atoms with E-state index in [1.165, 1.54) is 0 Å². The van der Waals surface area contributed by atoms with Gasteiger partial charge in [0.15, 0.2) is 0 Å². The zero-order valence-electron chi connectivity index (χ0n) is 14.5. The van der Waals surface area contributed by atoms with Gasteiger partial charge in [0.05, 0.1) is 18.1 Å². The summed E-state index contributed by atoms with van der Waals surface area (Å²) >= 11 is 0. The van der Waals surface area contributed by atoms with E-state index in [0.717, 1.165) is 5.56 Å². The van der Waals surface area contributed by atoms with Crippen molar-refractivity contribution in [2.45, 2.75) is 38.2 Å². The van der Waals surface area contributed by atoms with Crippen molar-refractivity contribution in [1.82, 2.24) is 9.80 Å². The van der Waals surface area contributed by atoms with Crippen molar-refractivity contribution >= 4 is 11.8 Å². The van der Waals surface area contributed by atoms with Gasteiger partial charge in [-0.1, -0.05) is 30.3 Å². The highest BCUT2D eigenvalue weighted by molar-refractivity contribution is 5.89. The molecular formula is C19H26N2O3. The summed E-state index contributed by atoms with van der Waals surface area (Å²) in [5.41, 5.74) is 0.543. The highest BCUT2D eigenvalue weighted by Crippen LogP contribution is 2.38. The van der Waals surface area contributed by atoms with E-state index in [-0.39, 0.29) is 17.9 Å². The van der Waals surface area contributed by atoms with Crippen LogP contribution in [0.15, 0.2) is 30.3 Å². The molecule has 0 bridgehead atoms. The van der Waals surface area contributed by atoms with Crippen LogP contribution in [0.1, 0.15) is 32.3 Å². The Morgan fingerprint density at radius 2 is 1.75 bits per heavy atom. The molecule has 0 aliphatic carbocycles. The standard InChI is InChI=1S/C19H26N2O3/c1-15-14-21(12-13-24-15)18(23)19(17-6-4-3-5-7-17)8-10-20(11-9-19)16(2)22/h3-7,15H,8-14H2,1-2H3. The lowest BCUT2D eigenvalue weighted by Crippen LogP contribution is -2.56. The summed E-state index contributed by atoms with van der Waals surface area (Å²) in [6, 6.07) is 10.0. The van der Waals surface area contributed by atoms with Gasteiger partial charge in [-0.3, -0.25) is 9.59 Å². The number of rotatable bonds is 2. The summed E-state index contributed by atoms with van der Waals surface area (Å²) in [4.78, 5) is 28.9. The van der Waals surface area contributed by atoms with Crippen LogP contribution in [0.4, 0.5) is 0 Å². The average molecular weight is 330 g/mol. The van der Waals surface area contributed by atoms with Crippen molar-refractivity contribution in [3.63, 3.8) is 0 Å². The maximum Gasteiger partial charge on any atom is 0.233 e. The molecule has 1 unspecified atom stereocenters. The second-order valence-electron chi connectivity index (χ2n) is 6.89. The normalized spacial score (nSPS) is 23.8. The number of carbonyl (C=O) groups is 2. The Morgan fingerprint density at radius 3 is 2.33 bits per heavy atom. The van der Waals surface area contributed by atoms with E-state index in [0.29, 0.717) is 45.6 Å². The number of benzene rings is 1. The molecule has 0 spiro atoms. The lowest BCUT2D eigenvalue weighted by molar-refractivity contribution is -0.148. The lowest BCUT2D eigenvalue weighted by atomic mass is 9.71. The van der Waals surface area contributed by atoms with Crippen LogP contribution in [0.2, 0.25) is 0 Å². The molecule has 2 aliphatic heterocycles. The predicted molar refractivity (Wildman–Crippen MR) is 91.6 cm³/mol. The van der Waals surface area contributed by atoms with Crippen LogP contribution in [-0.2, 0) is 19.7 Å². The van der Waals surface area contributed by atoms with E-state index < -0.39 is 5.41 Å². The van der Waals surface area contributed by atoms with E-state index in [1.807, 2.05) is 47.1 Å². The van der Waals surface area contributed by atoms with Crippen LogP contribution < -0.4 is 0 Å². The summed E-state index contributed by atoms with van der Waals surface area (Å²) in [6.07, 6.45) is 1.44. The van der Waals surface area contributed by atoms with E-state index in [2.05, 4.69) is 0 Å². The third-order valence-electron chi connectivity index (χ3n) is 5.33. The molecule has 1 atom stereocenters. The summed E-state index contributed by atoms with van der Waals surface area (Å²) in [5.74, 6) is 0.274. The number of nitrogens with zero attached hydrogens (tertiary/aromatic N) is 2. The van der Waals surface area contributed by atoms with Gasteiger partial charge in [-0.2, -0.15) is 0 Å². The fraction of sp³-hybridized carbons (Fsp3) is 0.579. The zero-order chi connectivity index (χ0) is 17.2. The molecule has 2 aliphatic rings. The Hall–Kier alpha value is -1.88. The number of ether oxygens (including phenoxy) is 1. The molecular weight excluding hydrogens is 304 g/mol. The maximum absolute atomic E-state index is 13.5. The smallest absolute Gasteiger partial charge is 0.233 e. The van der Waals surface area contributed by atoms with Crippen LogP contribution in [0.25, 0.3) is 0 Å². The van der Waals surface area contributed by atoms with Crippen molar-refractivity contribution in [2.75, 3.05) is 32.8 Å². The van der Waals surface area contributed by atoms with Crippen molar-refractivity contribution in [3.05, 3.63) is 35.9 Å². The largest absolute Gasteiger partial charge is 0.375 e. The van der Waals surface area contributed by atoms with Gasteiger partial charge in [-0.15, -0.1) is 0 Å². The van der Waals surface area contributed by atoms with Gasteiger partial charge >= 0.3 is 0 Å². The van der Waals surface area contributed by atoms with Gasteiger partial charge < -0.3 is 14.5 Å². The molecule has 1 aromatic carbocycles. The Morgan fingerprint density at radius 1 is 1.08 bits per heavy atom. The SMILES string of the molecule is CC(=O)N1CCC(C(=O)N2CCOC(C)C2)(c2ccccc2)CC1. The molecule has 5 nitrogen and oxygen atoms in total. The fourth-order valence-electron chi connectivity index (χ4n) is 3.89. The number of carbonyl (C=O) groups excluding carboxylic acids is 2. The van der Waals surface area contributed by atoms with Crippen molar-refractivity contribution in [1.29, 1.82) is 0 Å². The highest BCUT2D eigenvalue weighted by atomic mass is 16.5. The minimum atomic E-state index is -0.524. The van der Waals surface area contributed by atoms with Crippen molar-refractivity contribution in [3.8, 4) is 0 Å². The molecule has 2 fully saturated rings. The van der Waals surface area contributed by atoms with Crippen LogP contribution in [0, 0.1) is 0 Å². The Balaban J connectivity index is 1.88. The van der Waals surface area contributed by atoms with Crippen molar-refractivity contribution in [2.24, 2.45) is 0 Å². The quantitative estimate of drug-likeness (QED) is 0.831. The third-order valence-corrected chi connectivity index (χ3v) is 5.33. The first kappa shape index (κ1) is 17.0.